The molecule has 0 aliphatic heterocycles. The number of carbonyl (C=O) groups is 1. The van der Waals surface area contributed by atoms with E-state index in [1.807, 2.05) is 0 Å². The topological polar surface area (TPSA) is 63.2 Å². The van der Waals surface area contributed by atoms with Crippen molar-refractivity contribution < 1.29 is 13.2 Å². The van der Waals surface area contributed by atoms with Crippen LogP contribution in [0.25, 0.3) is 0 Å². The van der Waals surface area contributed by atoms with Gasteiger partial charge in [-0.25, -0.2) is 8.42 Å². The van der Waals surface area contributed by atoms with Crippen molar-refractivity contribution in [2.75, 3.05) is 0 Å². The molecule has 2 rings (SSSR count). The maximum atomic E-state index is 12.4. The third-order valence-electron chi connectivity index (χ3n) is 3.51. The van der Waals surface area contributed by atoms with Gasteiger partial charge in [0.05, 0.1) is 15.7 Å². The van der Waals surface area contributed by atoms with E-state index >= 15 is 0 Å². The van der Waals surface area contributed by atoms with Gasteiger partial charge in [0.25, 0.3) is 5.91 Å². The lowest BCUT2D eigenvalue weighted by atomic mass is 10.2. The Morgan fingerprint density at radius 1 is 1.12 bits per heavy atom. The fourth-order valence-corrected chi connectivity index (χ4v) is 3.81. The van der Waals surface area contributed by atoms with Crippen LogP contribution in [0.3, 0.4) is 0 Å². The molecule has 0 radical (unpaired) electrons. The van der Waals surface area contributed by atoms with Crippen molar-refractivity contribution in [3.05, 3.63) is 63.6 Å². The van der Waals surface area contributed by atoms with Crippen molar-refractivity contribution in [3.8, 4) is 0 Å². The van der Waals surface area contributed by atoms with E-state index in [1.165, 1.54) is 12.1 Å². The maximum absolute atomic E-state index is 12.4. The minimum atomic E-state index is -3.55. The molecule has 0 atom stereocenters. The highest BCUT2D eigenvalue weighted by Crippen LogP contribution is 2.22. The van der Waals surface area contributed by atoms with Gasteiger partial charge in [0.1, 0.15) is 0 Å². The molecule has 0 saturated heterocycles. The number of amides is 1. The van der Waals surface area contributed by atoms with Crippen LogP contribution in [0.5, 0.6) is 0 Å². The van der Waals surface area contributed by atoms with Gasteiger partial charge in [-0.2, -0.15) is 0 Å². The maximum Gasteiger partial charge on any atom is 0.252 e. The van der Waals surface area contributed by atoms with Gasteiger partial charge >= 0.3 is 0 Å². The van der Waals surface area contributed by atoms with E-state index in [4.69, 9.17) is 23.2 Å². The molecule has 2 aromatic rings. The lowest BCUT2D eigenvalue weighted by Crippen LogP contribution is -2.26. The van der Waals surface area contributed by atoms with Gasteiger partial charge in [-0.05, 0) is 43.7 Å². The molecule has 0 aliphatic rings. The zero-order valence-electron chi connectivity index (χ0n) is 13.2. The van der Waals surface area contributed by atoms with Gasteiger partial charge in [0.15, 0.2) is 9.84 Å². The summed E-state index contributed by atoms with van der Waals surface area (Å²) in [4.78, 5) is 12.5. The van der Waals surface area contributed by atoms with Crippen molar-refractivity contribution in [3.63, 3.8) is 0 Å². The second kappa shape index (κ2) is 7.55. The van der Waals surface area contributed by atoms with Crippen molar-refractivity contribution in [1.29, 1.82) is 0 Å². The summed E-state index contributed by atoms with van der Waals surface area (Å²) < 4.78 is 24.8. The third kappa shape index (κ3) is 4.09. The molecule has 0 aliphatic carbocycles. The summed E-state index contributed by atoms with van der Waals surface area (Å²) in [7, 11) is -3.55. The average molecular weight is 386 g/mol. The van der Waals surface area contributed by atoms with Gasteiger partial charge in [0, 0.05) is 16.6 Å². The van der Waals surface area contributed by atoms with Crippen LogP contribution in [0, 0.1) is 0 Å². The number of nitrogens with one attached hydrogen (secondary N) is 1. The summed E-state index contributed by atoms with van der Waals surface area (Å²) in [6.45, 7) is 3.33. The SMILES string of the molecule is CC(C)S(=O)(=O)c1ccccc1C(=O)NCc1ccc(Cl)cc1Cl. The molecule has 0 unspecified atom stereocenters. The molecule has 1 amide bonds. The second-order valence-electron chi connectivity index (χ2n) is 5.51. The molecule has 0 fully saturated rings. The summed E-state index contributed by atoms with van der Waals surface area (Å²) in [5, 5.41) is 3.02. The molecule has 0 saturated carbocycles. The number of halogens is 2. The minimum absolute atomic E-state index is 0.0275. The summed E-state index contributed by atoms with van der Waals surface area (Å²) in [5.74, 6) is -0.471. The number of benzene rings is 2. The summed E-state index contributed by atoms with van der Waals surface area (Å²) in [5.41, 5.74) is 0.815. The van der Waals surface area contributed by atoms with Crippen molar-refractivity contribution >= 4 is 38.9 Å². The van der Waals surface area contributed by atoms with E-state index in [2.05, 4.69) is 5.32 Å². The predicted molar refractivity (Wildman–Crippen MR) is 96.4 cm³/mol. The van der Waals surface area contributed by atoms with E-state index in [9.17, 15) is 13.2 Å². The first-order valence-electron chi connectivity index (χ1n) is 7.28. The zero-order chi connectivity index (χ0) is 17.9. The van der Waals surface area contributed by atoms with Crippen LogP contribution >= 0.6 is 23.2 Å². The van der Waals surface area contributed by atoms with Crippen LogP contribution in [-0.2, 0) is 16.4 Å². The first-order valence-corrected chi connectivity index (χ1v) is 9.58. The molecule has 0 bridgehead atoms. The third-order valence-corrected chi connectivity index (χ3v) is 6.31. The number of hydrogen-bond acceptors (Lipinski definition) is 3. The average Bonchev–Trinajstić information content (AvgIpc) is 2.53. The van der Waals surface area contributed by atoms with Gasteiger partial charge in [-0.1, -0.05) is 41.4 Å². The Morgan fingerprint density at radius 2 is 1.79 bits per heavy atom. The minimum Gasteiger partial charge on any atom is -0.348 e. The summed E-state index contributed by atoms with van der Waals surface area (Å²) in [6, 6.07) is 11.1. The Labute approximate surface area is 151 Å². The largest absolute Gasteiger partial charge is 0.348 e. The van der Waals surface area contributed by atoms with E-state index in [0.717, 1.165) is 0 Å². The lowest BCUT2D eigenvalue weighted by molar-refractivity contribution is 0.0947. The molecular weight excluding hydrogens is 369 g/mol. The Hall–Kier alpha value is -1.56. The molecule has 0 aromatic heterocycles. The molecule has 24 heavy (non-hydrogen) atoms. The Bertz CT molecular complexity index is 864. The van der Waals surface area contributed by atoms with Crippen LogP contribution in [0.1, 0.15) is 29.8 Å². The van der Waals surface area contributed by atoms with Crippen LogP contribution < -0.4 is 5.32 Å². The van der Waals surface area contributed by atoms with E-state index in [1.54, 1.807) is 44.2 Å². The van der Waals surface area contributed by atoms with Gasteiger partial charge < -0.3 is 5.32 Å². The number of carbonyl (C=O) groups excluding carboxylic acids is 1. The lowest BCUT2D eigenvalue weighted by Gasteiger charge is -2.13. The van der Waals surface area contributed by atoms with Crippen LogP contribution in [0.4, 0.5) is 0 Å². The van der Waals surface area contributed by atoms with Crippen LogP contribution in [-0.4, -0.2) is 19.6 Å². The van der Waals surface area contributed by atoms with Gasteiger partial charge in [0.2, 0.25) is 0 Å². The standard InChI is InChI=1S/C17H17Cl2NO3S/c1-11(2)24(22,23)16-6-4-3-5-14(16)17(21)20-10-12-7-8-13(18)9-15(12)19/h3-9,11H,10H2,1-2H3,(H,20,21). The van der Waals surface area contributed by atoms with Crippen molar-refractivity contribution in [2.24, 2.45) is 0 Å². The van der Waals surface area contributed by atoms with E-state index in [-0.39, 0.29) is 17.0 Å². The first kappa shape index (κ1) is 18.8. The normalized spacial score (nSPS) is 11.5. The van der Waals surface area contributed by atoms with Gasteiger partial charge in [-0.3, -0.25) is 4.79 Å². The molecule has 0 heterocycles. The van der Waals surface area contributed by atoms with Crippen molar-refractivity contribution in [1.82, 2.24) is 5.32 Å². The fraction of sp³-hybridized carbons (Fsp3) is 0.235. The fourth-order valence-electron chi connectivity index (χ4n) is 2.09. The highest BCUT2D eigenvalue weighted by molar-refractivity contribution is 7.92. The highest BCUT2D eigenvalue weighted by atomic mass is 35.5. The van der Waals surface area contributed by atoms with Crippen LogP contribution in [0.2, 0.25) is 10.0 Å². The molecule has 2 aromatic carbocycles. The monoisotopic (exact) mass is 385 g/mol. The highest BCUT2D eigenvalue weighted by Gasteiger charge is 2.25. The number of rotatable bonds is 5. The van der Waals surface area contributed by atoms with Crippen molar-refractivity contribution in [2.45, 2.75) is 30.5 Å². The quantitative estimate of drug-likeness (QED) is 0.841. The summed E-state index contributed by atoms with van der Waals surface area (Å²) in [6.07, 6.45) is 0. The zero-order valence-corrected chi connectivity index (χ0v) is 15.5. The molecule has 1 N–H and O–H groups in total. The predicted octanol–water partition coefficient (Wildman–Crippen LogP) is 4.11. The second-order valence-corrected chi connectivity index (χ2v) is 8.82. The van der Waals surface area contributed by atoms with Gasteiger partial charge in [-0.15, -0.1) is 0 Å². The first-order chi connectivity index (χ1) is 11.2. The number of hydrogen-bond donors (Lipinski definition) is 1. The molecule has 0 spiro atoms. The molecule has 128 valence electrons. The van der Waals surface area contributed by atoms with Crippen LogP contribution in [0.15, 0.2) is 47.4 Å². The summed E-state index contributed by atoms with van der Waals surface area (Å²) >= 11 is 11.9. The van der Waals surface area contributed by atoms with E-state index in [0.29, 0.717) is 15.6 Å². The molecule has 7 heteroatoms. The Kier molecular flexibility index (Phi) is 5.91. The smallest absolute Gasteiger partial charge is 0.252 e. The Balaban J connectivity index is 2.25. The number of sulfone groups is 1. The molecule has 4 nitrogen and oxygen atoms in total. The molecular formula is C17H17Cl2NO3S. The Morgan fingerprint density at radius 3 is 2.42 bits per heavy atom. The van der Waals surface area contributed by atoms with E-state index < -0.39 is 21.0 Å².